The van der Waals surface area contributed by atoms with E-state index in [1.807, 2.05) is 12.4 Å². The Morgan fingerprint density at radius 1 is 0.846 bits per heavy atom. The van der Waals surface area contributed by atoms with E-state index in [4.69, 9.17) is 0 Å². The Labute approximate surface area is 77.8 Å². The molecule has 0 aromatic heterocycles. The highest BCUT2D eigenvalue weighted by molar-refractivity contribution is 5.74. The Bertz CT molecular complexity index is 293. The summed E-state index contributed by atoms with van der Waals surface area (Å²) in [6.07, 6.45) is 13.7. The molecule has 0 bridgehead atoms. The standard InChI is InChI=1S/C11H12N2/c1-3-8-7-9-4-2-6-13-11(9)10(8)12-5-1/h1-6,8-11H,7H2. The maximum absolute atomic E-state index is 4.52. The Kier molecular flexibility index (Phi) is 1.48. The van der Waals surface area contributed by atoms with Crippen LogP contribution in [0.4, 0.5) is 0 Å². The summed E-state index contributed by atoms with van der Waals surface area (Å²) in [5, 5.41) is 0. The van der Waals surface area contributed by atoms with Gasteiger partial charge in [0.2, 0.25) is 0 Å². The van der Waals surface area contributed by atoms with Crippen molar-refractivity contribution in [1.29, 1.82) is 0 Å². The first kappa shape index (κ1) is 7.25. The molecule has 4 unspecified atom stereocenters. The minimum atomic E-state index is 0.413. The van der Waals surface area contributed by atoms with Crippen molar-refractivity contribution in [3.63, 3.8) is 0 Å². The van der Waals surface area contributed by atoms with Gasteiger partial charge in [0.25, 0.3) is 0 Å². The zero-order valence-electron chi connectivity index (χ0n) is 7.38. The second-order valence-electron chi connectivity index (χ2n) is 3.91. The first-order valence-electron chi connectivity index (χ1n) is 4.85. The van der Waals surface area contributed by atoms with Crippen molar-refractivity contribution in [1.82, 2.24) is 0 Å². The molecule has 0 spiro atoms. The fraction of sp³-hybridized carbons (Fsp3) is 0.455. The van der Waals surface area contributed by atoms with Gasteiger partial charge in [0, 0.05) is 24.3 Å². The van der Waals surface area contributed by atoms with Crippen LogP contribution in [0.3, 0.4) is 0 Å². The quantitative estimate of drug-likeness (QED) is 0.530. The average molecular weight is 172 g/mol. The lowest BCUT2D eigenvalue weighted by atomic mass is 10.00. The normalized spacial score (nSPS) is 44.9. The summed E-state index contributed by atoms with van der Waals surface area (Å²) in [5.41, 5.74) is 0. The van der Waals surface area contributed by atoms with E-state index in [9.17, 15) is 0 Å². The van der Waals surface area contributed by atoms with Crippen LogP contribution in [-0.2, 0) is 0 Å². The number of hydrogen-bond donors (Lipinski definition) is 0. The van der Waals surface area contributed by atoms with Crippen molar-refractivity contribution in [2.24, 2.45) is 21.8 Å². The van der Waals surface area contributed by atoms with Gasteiger partial charge >= 0.3 is 0 Å². The van der Waals surface area contributed by atoms with E-state index in [2.05, 4.69) is 34.3 Å². The molecule has 13 heavy (non-hydrogen) atoms. The Balaban J connectivity index is 1.95. The summed E-state index contributed by atoms with van der Waals surface area (Å²) in [5.74, 6) is 1.25. The molecule has 0 radical (unpaired) electrons. The molecule has 0 amide bonds. The van der Waals surface area contributed by atoms with Crippen LogP contribution in [0.25, 0.3) is 0 Å². The van der Waals surface area contributed by atoms with Crippen molar-refractivity contribution < 1.29 is 0 Å². The third-order valence-corrected chi connectivity index (χ3v) is 3.18. The number of aliphatic imine (C=N–C) groups is 2. The Morgan fingerprint density at radius 2 is 1.38 bits per heavy atom. The second kappa shape index (κ2) is 2.66. The predicted octanol–water partition coefficient (Wildman–Crippen LogP) is 1.64. The molecule has 3 rings (SSSR count). The number of hydrogen-bond acceptors (Lipinski definition) is 2. The number of dihydropyridines is 2. The van der Waals surface area contributed by atoms with Crippen LogP contribution in [-0.4, -0.2) is 24.5 Å². The number of rotatable bonds is 0. The van der Waals surface area contributed by atoms with E-state index < -0.39 is 0 Å². The molecule has 66 valence electrons. The fourth-order valence-electron chi connectivity index (χ4n) is 2.56. The van der Waals surface area contributed by atoms with Crippen molar-refractivity contribution in [2.45, 2.75) is 18.5 Å². The predicted molar refractivity (Wildman–Crippen MR) is 54.4 cm³/mol. The van der Waals surface area contributed by atoms with Crippen LogP contribution in [0.5, 0.6) is 0 Å². The summed E-state index contributed by atoms with van der Waals surface area (Å²) < 4.78 is 0. The lowest BCUT2D eigenvalue weighted by Gasteiger charge is -2.20. The molecule has 0 saturated heterocycles. The average Bonchev–Trinajstić information content (AvgIpc) is 2.56. The smallest absolute Gasteiger partial charge is 0.0791 e. The Hall–Kier alpha value is -1.18. The highest BCUT2D eigenvalue weighted by Crippen LogP contribution is 2.39. The van der Waals surface area contributed by atoms with Crippen LogP contribution >= 0.6 is 0 Å². The summed E-state index contributed by atoms with van der Waals surface area (Å²) in [6, 6.07) is 0.826. The summed E-state index contributed by atoms with van der Waals surface area (Å²) in [6.45, 7) is 0. The van der Waals surface area contributed by atoms with Gasteiger partial charge in [0.1, 0.15) is 0 Å². The number of fused-ring (bicyclic) bond motifs is 3. The van der Waals surface area contributed by atoms with Crippen molar-refractivity contribution >= 4 is 12.4 Å². The first-order valence-corrected chi connectivity index (χ1v) is 4.85. The maximum atomic E-state index is 4.52. The number of nitrogens with zero attached hydrogens (tertiary/aromatic N) is 2. The topological polar surface area (TPSA) is 24.7 Å². The molecule has 0 aromatic carbocycles. The molecule has 2 heterocycles. The lowest BCUT2D eigenvalue weighted by molar-refractivity contribution is 0.521. The van der Waals surface area contributed by atoms with Crippen molar-refractivity contribution in [3.8, 4) is 0 Å². The van der Waals surface area contributed by atoms with Gasteiger partial charge in [-0.05, 0) is 18.6 Å². The molecule has 1 fully saturated rings. The molecule has 2 aliphatic heterocycles. The van der Waals surface area contributed by atoms with E-state index in [1.165, 1.54) is 6.42 Å². The van der Waals surface area contributed by atoms with E-state index in [1.54, 1.807) is 0 Å². The molecular formula is C11H12N2. The van der Waals surface area contributed by atoms with E-state index in [-0.39, 0.29) is 0 Å². The van der Waals surface area contributed by atoms with Gasteiger partial charge in [-0.2, -0.15) is 0 Å². The highest BCUT2D eigenvalue weighted by Gasteiger charge is 2.41. The minimum absolute atomic E-state index is 0.413. The first-order chi connectivity index (χ1) is 6.45. The molecular weight excluding hydrogens is 160 g/mol. The molecule has 1 saturated carbocycles. The molecule has 2 nitrogen and oxygen atoms in total. The summed E-state index contributed by atoms with van der Waals surface area (Å²) >= 11 is 0. The largest absolute Gasteiger partial charge is 0.287 e. The van der Waals surface area contributed by atoms with E-state index in [0.717, 1.165) is 0 Å². The highest BCUT2D eigenvalue weighted by atomic mass is 14.9. The maximum Gasteiger partial charge on any atom is 0.0791 e. The van der Waals surface area contributed by atoms with Crippen LogP contribution in [0, 0.1) is 11.8 Å². The SMILES string of the molecule is C1=CC2CC3C=CC=NC3C2N=C1. The van der Waals surface area contributed by atoms with Crippen LogP contribution in [0.2, 0.25) is 0 Å². The van der Waals surface area contributed by atoms with Gasteiger partial charge in [-0.25, -0.2) is 0 Å². The molecule has 1 aliphatic carbocycles. The molecule has 3 aliphatic rings. The molecule has 0 N–H and O–H groups in total. The van der Waals surface area contributed by atoms with E-state index in [0.29, 0.717) is 23.9 Å². The molecule has 2 heteroatoms. The third kappa shape index (κ3) is 1.01. The Morgan fingerprint density at radius 3 is 1.92 bits per heavy atom. The third-order valence-electron chi connectivity index (χ3n) is 3.18. The van der Waals surface area contributed by atoms with Gasteiger partial charge in [0.05, 0.1) is 12.1 Å². The monoisotopic (exact) mass is 172 g/mol. The van der Waals surface area contributed by atoms with Gasteiger partial charge in [-0.15, -0.1) is 0 Å². The van der Waals surface area contributed by atoms with Gasteiger partial charge < -0.3 is 0 Å². The van der Waals surface area contributed by atoms with Gasteiger partial charge in [-0.1, -0.05) is 12.2 Å². The second-order valence-corrected chi connectivity index (χ2v) is 3.91. The van der Waals surface area contributed by atoms with Crippen molar-refractivity contribution in [3.05, 3.63) is 24.3 Å². The zero-order chi connectivity index (χ0) is 8.67. The fourth-order valence-corrected chi connectivity index (χ4v) is 2.56. The molecule has 4 atom stereocenters. The van der Waals surface area contributed by atoms with Gasteiger partial charge in [0.15, 0.2) is 0 Å². The van der Waals surface area contributed by atoms with Crippen molar-refractivity contribution in [2.75, 3.05) is 0 Å². The summed E-state index contributed by atoms with van der Waals surface area (Å²) in [4.78, 5) is 9.03. The van der Waals surface area contributed by atoms with E-state index >= 15 is 0 Å². The van der Waals surface area contributed by atoms with Gasteiger partial charge in [-0.3, -0.25) is 9.98 Å². The van der Waals surface area contributed by atoms with Crippen LogP contribution < -0.4 is 0 Å². The minimum Gasteiger partial charge on any atom is -0.287 e. The molecule has 0 aromatic rings. The number of allylic oxidation sites excluding steroid dienone is 2. The zero-order valence-corrected chi connectivity index (χ0v) is 7.38. The summed E-state index contributed by atoms with van der Waals surface area (Å²) in [7, 11) is 0. The van der Waals surface area contributed by atoms with Crippen LogP contribution in [0.15, 0.2) is 34.3 Å². The lowest BCUT2D eigenvalue weighted by Crippen LogP contribution is -2.26. The van der Waals surface area contributed by atoms with Crippen LogP contribution in [0.1, 0.15) is 6.42 Å².